The average Bonchev–Trinajstić information content (AvgIpc) is 3.31. The number of aliphatic imine (C=N–C) groups is 1. The number of hydrogen-bond acceptors (Lipinski definition) is 2. The topological polar surface area (TPSA) is 15.6 Å². The van der Waals surface area contributed by atoms with Gasteiger partial charge in [0.05, 0.1) is 26.3 Å². The first kappa shape index (κ1) is 17.3. The van der Waals surface area contributed by atoms with E-state index in [0.29, 0.717) is 26.6 Å². The first-order valence-electron chi connectivity index (χ1n) is 8.75. The number of hydrogen-bond donors (Lipinski definition) is 0. The minimum Gasteiger partial charge on any atom is -0.342 e. The molecule has 0 atom stereocenters. The lowest BCUT2D eigenvalue weighted by atomic mass is 9.95. The van der Waals surface area contributed by atoms with Gasteiger partial charge >= 0.3 is 0 Å². The maximum absolute atomic E-state index is 6.38. The molecule has 24 heavy (non-hydrogen) atoms. The van der Waals surface area contributed by atoms with Crippen molar-refractivity contribution in [2.24, 2.45) is 4.99 Å². The Hall–Kier alpha value is -0.0900. The third-order valence-corrected chi connectivity index (χ3v) is 8.15. The van der Waals surface area contributed by atoms with Gasteiger partial charge in [-0.1, -0.05) is 72.2 Å². The zero-order chi connectivity index (χ0) is 16.7. The van der Waals surface area contributed by atoms with Crippen LogP contribution in [-0.4, -0.2) is 27.4 Å². The van der Waals surface area contributed by atoms with Crippen molar-refractivity contribution in [3.63, 3.8) is 0 Å². The maximum Gasteiger partial charge on any atom is 0.165 e. The first-order valence-corrected chi connectivity index (χ1v) is 10.9. The Morgan fingerprint density at radius 2 is 1.71 bits per heavy atom. The summed E-state index contributed by atoms with van der Waals surface area (Å²) in [4.78, 5) is 7.60. The predicted molar refractivity (Wildman–Crippen MR) is 106 cm³/mol. The molecule has 1 aromatic carbocycles. The molecule has 2 saturated carbocycles. The second kappa shape index (κ2) is 6.90. The van der Waals surface area contributed by atoms with Gasteiger partial charge in [0.2, 0.25) is 0 Å². The summed E-state index contributed by atoms with van der Waals surface area (Å²) in [5.41, 5.74) is 1.05. The molecule has 1 spiro atoms. The van der Waals surface area contributed by atoms with E-state index in [1.165, 1.54) is 51.4 Å². The summed E-state index contributed by atoms with van der Waals surface area (Å²) in [6.07, 6.45) is 10.5. The molecule has 1 saturated heterocycles. The molecule has 3 fully saturated rings. The molecule has 4 rings (SSSR count). The summed E-state index contributed by atoms with van der Waals surface area (Å²) < 4.78 is 0. The zero-order valence-electron chi connectivity index (χ0n) is 13.5. The molecule has 1 aromatic rings. The molecule has 0 bridgehead atoms. The number of halogens is 3. The minimum absolute atomic E-state index is 0.321. The molecule has 1 heterocycles. The van der Waals surface area contributed by atoms with Gasteiger partial charge in [-0.05, 0) is 37.8 Å². The van der Waals surface area contributed by atoms with E-state index < -0.39 is 0 Å². The number of nitrogens with zero attached hydrogens (tertiary/aromatic N) is 2. The van der Waals surface area contributed by atoms with Gasteiger partial charge in [-0.3, -0.25) is 0 Å². The summed E-state index contributed by atoms with van der Waals surface area (Å²) in [6.45, 7) is 0. The van der Waals surface area contributed by atoms with Crippen molar-refractivity contribution in [3.8, 4) is 0 Å². The van der Waals surface area contributed by atoms with Crippen LogP contribution in [0.1, 0.15) is 51.4 Å². The Labute approximate surface area is 162 Å². The Bertz CT molecular complexity index is 664. The average molecular weight is 404 g/mol. The molecule has 0 radical (unpaired) electrons. The van der Waals surface area contributed by atoms with Crippen LogP contribution in [0, 0.1) is 0 Å². The Kier molecular flexibility index (Phi) is 4.99. The van der Waals surface area contributed by atoms with Crippen molar-refractivity contribution >= 4 is 57.4 Å². The first-order chi connectivity index (χ1) is 11.6. The van der Waals surface area contributed by atoms with E-state index in [9.17, 15) is 0 Å². The monoisotopic (exact) mass is 402 g/mol. The van der Waals surface area contributed by atoms with Crippen LogP contribution in [0.2, 0.25) is 15.1 Å². The van der Waals surface area contributed by atoms with Gasteiger partial charge in [-0.2, -0.15) is 0 Å². The summed E-state index contributed by atoms with van der Waals surface area (Å²) >= 11 is 20.5. The predicted octanol–water partition coefficient (Wildman–Crippen LogP) is 6.94. The fourth-order valence-corrected chi connectivity index (χ4v) is 6.50. The van der Waals surface area contributed by atoms with Gasteiger partial charge in [-0.15, -0.1) is 0 Å². The molecule has 0 amide bonds. The van der Waals surface area contributed by atoms with Gasteiger partial charge in [-0.25, -0.2) is 4.99 Å². The lowest BCUT2D eigenvalue weighted by Gasteiger charge is -2.40. The van der Waals surface area contributed by atoms with Crippen molar-refractivity contribution < 1.29 is 0 Å². The van der Waals surface area contributed by atoms with E-state index >= 15 is 0 Å². The SMILES string of the molecule is Clc1ccc(N=C2SCC3(CCCC3)N2C2CCCC2)c(Cl)c1Cl. The standard InChI is InChI=1S/C18H21Cl3N2S/c19-13-7-8-14(16(21)15(13)20)22-17-23(12-5-1-2-6-12)18(11-24-17)9-3-4-10-18/h7-8,12H,1-6,9-11H2. The van der Waals surface area contributed by atoms with Crippen molar-refractivity contribution in [2.45, 2.75) is 62.9 Å². The molecular formula is C18H21Cl3N2S. The molecule has 1 aliphatic heterocycles. The number of thioether (sulfide) groups is 1. The second-order valence-electron chi connectivity index (χ2n) is 7.12. The van der Waals surface area contributed by atoms with E-state index in [2.05, 4.69) is 4.90 Å². The molecule has 6 heteroatoms. The van der Waals surface area contributed by atoms with E-state index in [0.717, 1.165) is 16.6 Å². The quantitative estimate of drug-likeness (QED) is 0.497. The fraction of sp³-hybridized carbons (Fsp3) is 0.611. The van der Waals surface area contributed by atoms with Crippen LogP contribution >= 0.6 is 46.6 Å². The molecule has 2 aliphatic carbocycles. The third-order valence-electron chi connectivity index (χ3n) is 5.64. The molecule has 0 unspecified atom stereocenters. The molecule has 0 N–H and O–H groups in total. The highest BCUT2D eigenvalue weighted by Crippen LogP contribution is 2.49. The highest BCUT2D eigenvalue weighted by molar-refractivity contribution is 8.14. The third kappa shape index (κ3) is 2.96. The van der Waals surface area contributed by atoms with Crippen LogP contribution in [-0.2, 0) is 0 Å². The van der Waals surface area contributed by atoms with Crippen LogP contribution in [0.15, 0.2) is 17.1 Å². The van der Waals surface area contributed by atoms with Crippen molar-refractivity contribution in [3.05, 3.63) is 27.2 Å². The molecule has 2 nitrogen and oxygen atoms in total. The highest BCUT2D eigenvalue weighted by atomic mass is 35.5. The highest BCUT2D eigenvalue weighted by Gasteiger charge is 2.49. The maximum atomic E-state index is 6.38. The fourth-order valence-electron chi connectivity index (χ4n) is 4.46. The Balaban J connectivity index is 1.72. The minimum atomic E-state index is 0.321. The van der Waals surface area contributed by atoms with E-state index in [1.807, 2.05) is 17.8 Å². The van der Waals surface area contributed by atoms with Gasteiger partial charge in [0, 0.05) is 11.8 Å². The smallest absolute Gasteiger partial charge is 0.165 e. The number of benzene rings is 1. The van der Waals surface area contributed by atoms with Crippen LogP contribution in [0.5, 0.6) is 0 Å². The summed E-state index contributed by atoms with van der Waals surface area (Å²) in [6, 6.07) is 4.29. The normalized spacial score (nSPS) is 25.5. The van der Waals surface area contributed by atoms with Crippen LogP contribution in [0.3, 0.4) is 0 Å². The summed E-state index contributed by atoms with van der Waals surface area (Å²) in [7, 11) is 0. The summed E-state index contributed by atoms with van der Waals surface area (Å²) in [5, 5.41) is 2.45. The molecule has 0 aromatic heterocycles. The van der Waals surface area contributed by atoms with Crippen LogP contribution in [0.25, 0.3) is 0 Å². The lowest BCUT2D eigenvalue weighted by Crippen LogP contribution is -2.50. The molecule has 130 valence electrons. The van der Waals surface area contributed by atoms with Crippen molar-refractivity contribution in [1.29, 1.82) is 0 Å². The van der Waals surface area contributed by atoms with Crippen molar-refractivity contribution in [2.75, 3.05) is 5.75 Å². The Morgan fingerprint density at radius 3 is 2.42 bits per heavy atom. The van der Waals surface area contributed by atoms with Crippen LogP contribution < -0.4 is 0 Å². The number of amidine groups is 1. The van der Waals surface area contributed by atoms with E-state index in [4.69, 9.17) is 39.8 Å². The summed E-state index contributed by atoms with van der Waals surface area (Å²) in [5.74, 6) is 1.15. The lowest BCUT2D eigenvalue weighted by molar-refractivity contribution is 0.163. The van der Waals surface area contributed by atoms with Gasteiger partial charge in [0.1, 0.15) is 0 Å². The second-order valence-corrected chi connectivity index (χ2v) is 9.22. The Morgan fingerprint density at radius 1 is 1.00 bits per heavy atom. The van der Waals surface area contributed by atoms with Gasteiger partial charge < -0.3 is 4.90 Å². The van der Waals surface area contributed by atoms with Gasteiger partial charge in [0.15, 0.2) is 5.17 Å². The largest absolute Gasteiger partial charge is 0.342 e. The van der Waals surface area contributed by atoms with Crippen LogP contribution in [0.4, 0.5) is 5.69 Å². The zero-order valence-corrected chi connectivity index (χ0v) is 16.6. The van der Waals surface area contributed by atoms with Crippen molar-refractivity contribution in [1.82, 2.24) is 4.90 Å². The van der Waals surface area contributed by atoms with E-state index in [1.54, 1.807) is 6.07 Å². The molecule has 3 aliphatic rings. The van der Waals surface area contributed by atoms with Gasteiger partial charge in [0.25, 0.3) is 0 Å². The van der Waals surface area contributed by atoms with E-state index in [-0.39, 0.29) is 0 Å². The number of rotatable bonds is 2. The molecular weight excluding hydrogens is 383 g/mol.